The first-order valence-corrected chi connectivity index (χ1v) is 5.71. The molecule has 86 valence electrons. The highest BCUT2D eigenvalue weighted by Crippen LogP contribution is 2.52. The van der Waals surface area contributed by atoms with E-state index >= 15 is 0 Å². The number of hydrogen-bond acceptors (Lipinski definition) is 2. The zero-order chi connectivity index (χ0) is 11.9. The van der Waals surface area contributed by atoms with Gasteiger partial charge in [0.25, 0.3) is 0 Å². The summed E-state index contributed by atoms with van der Waals surface area (Å²) >= 11 is 3.15. The number of nitrogens with two attached hydrogens (primary N) is 1. The Morgan fingerprint density at radius 1 is 1.56 bits per heavy atom. The third-order valence-corrected chi connectivity index (χ3v) is 3.94. The normalized spacial score (nSPS) is 19.2. The molecule has 0 aliphatic heterocycles. The maximum absolute atomic E-state index is 13.4. The number of hydrogen-bond donors (Lipinski definition) is 2. The molecule has 3 nitrogen and oxygen atoms in total. The van der Waals surface area contributed by atoms with Crippen LogP contribution in [0.1, 0.15) is 18.4 Å². The fourth-order valence-corrected chi connectivity index (χ4v) is 2.67. The number of carboxylic acid groups (broad SMARTS) is 1. The summed E-state index contributed by atoms with van der Waals surface area (Å²) < 4.78 is 13.7. The number of carboxylic acids is 1. The molecule has 1 aromatic carbocycles. The van der Waals surface area contributed by atoms with Gasteiger partial charge in [-0.25, -0.2) is 4.39 Å². The minimum absolute atomic E-state index is 0.323. The van der Waals surface area contributed by atoms with E-state index in [1.165, 1.54) is 6.07 Å². The highest BCUT2D eigenvalue weighted by molar-refractivity contribution is 9.10. The van der Waals surface area contributed by atoms with Crippen molar-refractivity contribution in [2.45, 2.75) is 24.3 Å². The van der Waals surface area contributed by atoms with E-state index < -0.39 is 17.4 Å². The van der Waals surface area contributed by atoms with Gasteiger partial charge >= 0.3 is 5.97 Å². The van der Waals surface area contributed by atoms with Crippen LogP contribution in [0.3, 0.4) is 0 Å². The van der Waals surface area contributed by atoms with Crippen molar-refractivity contribution in [3.63, 3.8) is 0 Å². The summed E-state index contributed by atoms with van der Waals surface area (Å²) in [5, 5.41) is 8.95. The highest BCUT2D eigenvalue weighted by atomic mass is 79.9. The molecule has 0 aromatic heterocycles. The van der Waals surface area contributed by atoms with Gasteiger partial charge in [-0.15, -0.1) is 0 Å². The lowest BCUT2D eigenvalue weighted by molar-refractivity contribution is -0.139. The predicted molar refractivity (Wildman–Crippen MR) is 60.6 cm³/mol. The van der Waals surface area contributed by atoms with Gasteiger partial charge in [-0.05, 0) is 40.4 Å². The molecule has 0 amide bonds. The van der Waals surface area contributed by atoms with Gasteiger partial charge in [0, 0.05) is 5.41 Å². The molecular weight excluding hydrogens is 277 g/mol. The molecule has 5 heteroatoms. The summed E-state index contributed by atoms with van der Waals surface area (Å²) in [6.07, 6.45) is 1.37. The third-order valence-electron chi connectivity index (χ3n) is 3.14. The first-order chi connectivity index (χ1) is 7.49. The number of rotatable bonds is 3. The molecule has 2 rings (SSSR count). The average molecular weight is 288 g/mol. The van der Waals surface area contributed by atoms with E-state index in [1.54, 1.807) is 12.1 Å². The summed E-state index contributed by atoms with van der Waals surface area (Å²) in [6, 6.07) is 3.65. The Balaban J connectivity index is 2.45. The van der Waals surface area contributed by atoms with Crippen LogP contribution in [-0.4, -0.2) is 17.1 Å². The molecule has 1 aromatic rings. The Morgan fingerprint density at radius 3 is 2.69 bits per heavy atom. The second-order valence-electron chi connectivity index (χ2n) is 4.07. The van der Waals surface area contributed by atoms with Crippen LogP contribution in [0.15, 0.2) is 22.7 Å². The summed E-state index contributed by atoms with van der Waals surface area (Å²) in [4.78, 5) is 10.9. The molecule has 0 radical (unpaired) electrons. The van der Waals surface area contributed by atoms with Crippen molar-refractivity contribution < 1.29 is 14.3 Å². The fourth-order valence-electron chi connectivity index (χ4n) is 2.01. The maximum Gasteiger partial charge on any atom is 0.321 e. The van der Waals surface area contributed by atoms with E-state index in [9.17, 15) is 9.18 Å². The Labute approximate surface area is 101 Å². The van der Waals surface area contributed by atoms with Crippen molar-refractivity contribution in [1.29, 1.82) is 0 Å². The van der Waals surface area contributed by atoms with Gasteiger partial charge in [0.1, 0.15) is 11.9 Å². The quantitative estimate of drug-likeness (QED) is 0.894. The van der Waals surface area contributed by atoms with Gasteiger partial charge in [0.2, 0.25) is 0 Å². The van der Waals surface area contributed by atoms with Crippen LogP contribution in [0.5, 0.6) is 0 Å². The van der Waals surface area contributed by atoms with E-state index in [2.05, 4.69) is 15.9 Å². The van der Waals surface area contributed by atoms with Gasteiger partial charge in [0.15, 0.2) is 0 Å². The Morgan fingerprint density at radius 2 is 2.19 bits per heavy atom. The van der Waals surface area contributed by atoms with Gasteiger partial charge in [-0.2, -0.15) is 0 Å². The highest BCUT2D eigenvalue weighted by Gasteiger charge is 2.53. The smallest absolute Gasteiger partial charge is 0.321 e. The zero-order valence-corrected chi connectivity index (χ0v) is 10.00. The van der Waals surface area contributed by atoms with E-state index in [1.807, 2.05) is 0 Å². The maximum atomic E-state index is 13.4. The van der Waals surface area contributed by atoms with Gasteiger partial charge in [0.05, 0.1) is 4.47 Å². The van der Waals surface area contributed by atoms with Crippen molar-refractivity contribution in [3.8, 4) is 0 Å². The lowest BCUT2D eigenvalue weighted by Crippen LogP contribution is -2.42. The summed E-state index contributed by atoms with van der Waals surface area (Å²) in [6.45, 7) is 0. The van der Waals surface area contributed by atoms with Crippen molar-refractivity contribution in [2.24, 2.45) is 5.73 Å². The SMILES string of the molecule is NC(C(=O)O)C1(c2cccc(F)c2Br)CC1. The van der Waals surface area contributed by atoms with Crippen LogP contribution in [-0.2, 0) is 10.2 Å². The van der Waals surface area contributed by atoms with E-state index in [-0.39, 0.29) is 5.82 Å². The average Bonchev–Trinajstić information content (AvgIpc) is 3.02. The second-order valence-corrected chi connectivity index (χ2v) is 4.87. The third kappa shape index (κ3) is 1.64. The molecule has 0 saturated heterocycles. The van der Waals surface area contributed by atoms with E-state index in [0.29, 0.717) is 22.9 Å². The van der Waals surface area contributed by atoms with Gasteiger partial charge in [-0.1, -0.05) is 12.1 Å². The lowest BCUT2D eigenvalue weighted by atomic mass is 9.88. The summed E-state index contributed by atoms with van der Waals surface area (Å²) in [5.74, 6) is -1.44. The zero-order valence-electron chi connectivity index (χ0n) is 8.41. The lowest BCUT2D eigenvalue weighted by Gasteiger charge is -2.21. The molecule has 3 N–H and O–H groups in total. The number of carbonyl (C=O) groups is 1. The molecule has 0 bridgehead atoms. The van der Waals surface area contributed by atoms with Crippen molar-refractivity contribution in [2.75, 3.05) is 0 Å². The molecular formula is C11H11BrFNO2. The molecule has 0 spiro atoms. The second kappa shape index (κ2) is 3.82. The van der Waals surface area contributed by atoms with Crippen LogP contribution in [0, 0.1) is 5.82 Å². The standard InChI is InChI=1S/C11H11BrFNO2/c12-8-6(2-1-3-7(8)13)11(4-5-11)9(14)10(15)16/h1-3,9H,4-5,14H2,(H,15,16). The molecule has 1 unspecified atom stereocenters. The monoisotopic (exact) mass is 287 g/mol. The molecule has 1 fully saturated rings. The Hall–Kier alpha value is -0.940. The van der Waals surface area contributed by atoms with Crippen LogP contribution >= 0.6 is 15.9 Å². The predicted octanol–water partition coefficient (Wildman–Crippen LogP) is 2.03. The Bertz CT molecular complexity index is 446. The molecule has 1 aliphatic rings. The van der Waals surface area contributed by atoms with Crippen LogP contribution < -0.4 is 5.73 Å². The largest absolute Gasteiger partial charge is 0.480 e. The van der Waals surface area contributed by atoms with Crippen molar-refractivity contribution in [1.82, 2.24) is 0 Å². The number of aliphatic carboxylic acids is 1. The van der Waals surface area contributed by atoms with E-state index in [4.69, 9.17) is 10.8 Å². The summed E-state index contributed by atoms with van der Waals surface area (Å²) in [5.41, 5.74) is 5.72. The van der Waals surface area contributed by atoms with Crippen LogP contribution in [0.2, 0.25) is 0 Å². The first kappa shape index (κ1) is 11.5. The molecule has 1 aliphatic carbocycles. The van der Waals surface area contributed by atoms with Gasteiger partial charge < -0.3 is 10.8 Å². The van der Waals surface area contributed by atoms with Crippen LogP contribution in [0.25, 0.3) is 0 Å². The van der Waals surface area contributed by atoms with Crippen molar-refractivity contribution in [3.05, 3.63) is 34.1 Å². The number of benzene rings is 1. The molecule has 1 saturated carbocycles. The van der Waals surface area contributed by atoms with Crippen molar-refractivity contribution >= 4 is 21.9 Å². The first-order valence-electron chi connectivity index (χ1n) is 4.92. The Kier molecular flexibility index (Phi) is 2.75. The topological polar surface area (TPSA) is 63.3 Å². The summed E-state index contributed by atoms with van der Waals surface area (Å²) in [7, 11) is 0. The van der Waals surface area contributed by atoms with E-state index in [0.717, 1.165) is 0 Å². The fraction of sp³-hybridized carbons (Fsp3) is 0.364. The minimum Gasteiger partial charge on any atom is -0.480 e. The minimum atomic E-state index is -1.05. The molecule has 0 heterocycles. The molecule has 1 atom stereocenters. The molecule has 16 heavy (non-hydrogen) atoms. The van der Waals surface area contributed by atoms with Crippen LogP contribution in [0.4, 0.5) is 4.39 Å². The number of halogens is 2. The van der Waals surface area contributed by atoms with Gasteiger partial charge in [-0.3, -0.25) is 4.79 Å².